The first-order chi connectivity index (χ1) is 9.29. The van der Waals surface area contributed by atoms with Crippen LogP contribution in [0.1, 0.15) is 13.8 Å². The van der Waals surface area contributed by atoms with Crippen molar-refractivity contribution >= 4 is 56.6 Å². The number of amidine groups is 1. The molecule has 0 aliphatic heterocycles. The number of oxime groups is 1. The Morgan fingerprint density at radius 1 is 1.40 bits per heavy atom. The van der Waals surface area contributed by atoms with Crippen LogP contribution in [-0.4, -0.2) is 17.0 Å². The minimum absolute atomic E-state index is 0.143. The van der Waals surface area contributed by atoms with E-state index in [1.807, 2.05) is 0 Å². The number of hydrogen-bond donors (Lipinski definition) is 3. The summed E-state index contributed by atoms with van der Waals surface area (Å²) in [5.74, 6) is -1.48. The molecule has 0 bridgehead atoms. The van der Waals surface area contributed by atoms with E-state index in [0.29, 0.717) is 15.2 Å². The van der Waals surface area contributed by atoms with E-state index in [-0.39, 0.29) is 16.8 Å². The van der Waals surface area contributed by atoms with E-state index in [1.165, 1.54) is 0 Å². The highest BCUT2D eigenvalue weighted by molar-refractivity contribution is 9.10. The van der Waals surface area contributed by atoms with E-state index >= 15 is 0 Å². The molecule has 0 aliphatic carbocycles. The van der Waals surface area contributed by atoms with Gasteiger partial charge in [-0.2, -0.15) is 0 Å². The molecule has 1 amide bonds. The number of carbonyl (C=O) groups is 1. The summed E-state index contributed by atoms with van der Waals surface area (Å²) in [5.41, 5.74) is 5.90. The molecule has 8 heteroatoms. The molecule has 0 aromatic heterocycles. The van der Waals surface area contributed by atoms with Crippen molar-refractivity contribution in [3.05, 3.63) is 26.7 Å². The first-order valence-corrected chi connectivity index (χ1v) is 7.26. The second kappa shape index (κ2) is 7.15. The first kappa shape index (κ1) is 17.1. The number of benzene rings is 1. The van der Waals surface area contributed by atoms with Crippen molar-refractivity contribution < 1.29 is 10.0 Å². The van der Waals surface area contributed by atoms with Crippen LogP contribution < -0.4 is 11.1 Å². The van der Waals surface area contributed by atoms with Gasteiger partial charge < -0.3 is 16.3 Å². The molecular weight excluding hydrogens is 369 g/mol. The van der Waals surface area contributed by atoms with Gasteiger partial charge in [0.1, 0.15) is 5.92 Å². The molecule has 0 aliphatic rings. The molecule has 5 nitrogen and oxygen atoms in total. The fraction of sp³-hybridized carbons (Fsp3) is 0.333. The summed E-state index contributed by atoms with van der Waals surface area (Å²) in [5, 5.41) is 14.8. The highest BCUT2D eigenvalue weighted by atomic mass is 79.9. The normalized spacial score (nSPS) is 13.4. The third kappa shape index (κ3) is 3.77. The van der Waals surface area contributed by atoms with Gasteiger partial charge in [0.2, 0.25) is 5.91 Å². The molecule has 110 valence electrons. The lowest BCUT2D eigenvalue weighted by Crippen LogP contribution is -2.38. The minimum atomic E-state index is -0.765. The van der Waals surface area contributed by atoms with Crippen molar-refractivity contribution in [1.82, 2.24) is 0 Å². The highest BCUT2D eigenvalue weighted by Gasteiger charge is 2.27. The van der Waals surface area contributed by atoms with E-state index in [0.717, 1.165) is 0 Å². The number of nitrogens with one attached hydrogen (secondary N) is 1. The number of nitrogens with two attached hydrogens (primary N) is 1. The van der Waals surface area contributed by atoms with Crippen LogP contribution in [0.3, 0.4) is 0 Å². The largest absolute Gasteiger partial charge is 0.409 e. The lowest BCUT2D eigenvalue weighted by atomic mass is 9.94. The van der Waals surface area contributed by atoms with E-state index in [9.17, 15) is 4.79 Å². The van der Waals surface area contributed by atoms with Gasteiger partial charge in [-0.1, -0.05) is 42.2 Å². The Hall–Kier alpha value is -0.980. The molecule has 0 spiro atoms. The summed E-state index contributed by atoms with van der Waals surface area (Å²) in [7, 11) is 0. The number of amides is 1. The van der Waals surface area contributed by atoms with Crippen LogP contribution in [0.2, 0.25) is 10.0 Å². The summed E-state index contributed by atoms with van der Waals surface area (Å²) >= 11 is 15.3. The summed E-state index contributed by atoms with van der Waals surface area (Å²) in [6.07, 6.45) is 0. The Morgan fingerprint density at radius 3 is 2.50 bits per heavy atom. The molecule has 1 atom stereocenters. The van der Waals surface area contributed by atoms with Crippen molar-refractivity contribution in [2.24, 2.45) is 22.7 Å². The Balaban J connectivity index is 3.03. The maximum absolute atomic E-state index is 12.2. The molecule has 0 fully saturated rings. The van der Waals surface area contributed by atoms with Crippen LogP contribution in [0.5, 0.6) is 0 Å². The number of nitrogens with zero attached hydrogens (tertiary/aromatic N) is 1. The molecule has 1 aromatic rings. The lowest BCUT2D eigenvalue weighted by molar-refractivity contribution is -0.119. The first-order valence-electron chi connectivity index (χ1n) is 5.71. The molecule has 0 heterocycles. The van der Waals surface area contributed by atoms with Crippen LogP contribution in [0.4, 0.5) is 5.69 Å². The quantitative estimate of drug-likeness (QED) is 0.244. The van der Waals surface area contributed by atoms with Gasteiger partial charge in [0.05, 0.1) is 15.7 Å². The van der Waals surface area contributed by atoms with Gasteiger partial charge in [0, 0.05) is 4.47 Å². The van der Waals surface area contributed by atoms with E-state index in [2.05, 4.69) is 26.4 Å². The number of hydrogen-bond acceptors (Lipinski definition) is 3. The Labute approximate surface area is 135 Å². The predicted octanol–water partition coefficient (Wildman–Crippen LogP) is 3.71. The van der Waals surface area contributed by atoms with Crippen LogP contribution in [0.15, 0.2) is 21.8 Å². The van der Waals surface area contributed by atoms with Gasteiger partial charge in [-0.05, 0) is 34.0 Å². The Bertz CT molecular complexity index is 550. The van der Waals surface area contributed by atoms with E-state index in [4.69, 9.17) is 34.1 Å². The fourth-order valence-electron chi connectivity index (χ4n) is 1.67. The van der Waals surface area contributed by atoms with Crippen molar-refractivity contribution in [3.8, 4) is 0 Å². The van der Waals surface area contributed by atoms with Crippen LogP contribution >= 0.6 is 39.1 Å². The van der Waals surface area contributed by atoms with Gasteiger partial charge in [0.25, 0.3) is 0 Å². The summed E-state index contributed by atoms with van der Waals surface area (Å²) < 4.78 is 0.624. The monoisotopic (exact) mass is 381 g/mol. The Kier molecular flexibility index (Phi) is 6.10. The molecule has 1 rings (SSSR count). The maximum Gasteiger partial charge on any atom is 0.235 e. The zero-order chi connectivity index (χ0) is 15.4. The average Bonchev–Trinajstić information content (AvgIpc) is 2.39. The second-order valence-corrected chi connectivity index (χ2v) is 6.07. The molecule has 0 saturated heterocycles. The molecule has 0 radical (unpaired) electrons. The average molecular weight is 383 g/mol. The molecule has 20 heavy (non-hydrogen) atoms. The van der Waals surface area contributed by atoms with Gasteiger partial charge in [-0.25, -0.2) is 0 Å². The molecule has 1 unspecified atom stereocenters. The zero-order valence-electron chi connectivity index (χ0n) is 10.8. The van der Waals surface area contributed by atoms with Crippen molar-refractivity contribution in [2.45, 2.75) is 13.8 Å². The molecule has 0 saturated carbocycles. The van der Waals surface area contributed by atoms with E-state index in [1.54, 1.807) is 26.0 Å². The van der Waals surface area contributed by atoms with Crippen LogP contribution in [-0.2, 0) is 4.79 Å². The third-order valence-corrected chi connectivity index (χ3v) is 4.45. The van der Waals surface area contributed by atoms with Gasteiger partial charge in [0.15, 0.2) is 5.84 Å². The topological polar surface area (TPSA) is 87.7 Å². The predicted molar refractivity (Wildman–Crippen MR) is 84.5 cm³/mol. The SMILES string of the molecule is CC(C)C(C(=O)Nc1ccc(Br)c(Cl)c1Cl)/C(N)=N/O. The lowest BCUT2D eigenvalue weighted by Gasteiger charge is -2.19. The maximum atomic E-state index is 12.2. The summed E-state index contributed by atoms with van der Waals surface area (Å²) in [6.45, 7) is 3.58. The molecule has 1 aromatic carbocycles. The van der Waals surface area contributed by atoms with Gasteiger partial charge in [-0.15, -0.1) is 0 Å². The molecular formula is C12H14BrCl2N3O2. The van der Waals surface area contributed by atoms with Crippen LogP contribution in [0, 0.1) is 11.8 Å². The highest BCUT2D eigenvalue weighted by Crippen LogP contribution is 2.36. The summed E-state index contributed by atoms with van der Waals surface area (Å²) in [6, 6.07) is 3.28. The number of anilines is 1. The standard InChI is InChI=1S/C12H14BrCl2N3O2/c1-5(2)8(11(16)18-20)12(19)17-7-4-3-6(13)9(14)10(7)15/h3-5,8,20H,1-2H3,(H2,16,18)(H,17,19). The number of rotatable bonds is 4. The Morgan fingerprint density at radius 2 is 2.00 bits per heavy atom. The minimum Gasteiger partial charge on any atom is -0.409 e. The van der Waals surface area contributed by atoms with Crippen molar-refractivity contribution in [1.29, 1.82) is 0 Å². The van der Waals surface area contributed by atoms with E-state index < -0.39 is 11.8 Å². The van der Waals surface area contributed by atoms with Gasteiger partial charge >= 0.3 is 0 Å². The van der Waals surface area contributed by atoms with Crippen molar-refractivity contribution in [3.63, 3.8) is 0 Å². The van der Waals surface area contributed by atoms with Gasteiger partial charge in [-0.3, -0.25) is 4.79 Å². The third-order valence-electron chi connectivity index (χ3n) is 2.68. The fourth-order valence-corrected chi connectivity index (χ4v) is 2.50. The van der Waals surface area contributed by atoms with Crippen LogP contribution in [0.25, 0.3) is 0 Å². The second-order valence-electron chi connectivity index (χ2n) is 4.46. The number of carbonyl (C=O) groups excluding carboxylic acids is 1. The smallest absolute Gasteiger partial charge is 0.235 e. The van der Waals surface area contributed by atoms with Crippen molar-refractivity contribution in [2.75, 3.05) is 5.32 Å². The molecule has 4 N–H and O–H groups in total. The number of halogens is 3. The summed E-state index contributed by atoms with van der Waals surface area (Å²) in [4.78, 5) is 12.2. The zero-order valence-corrected chi connectivity index (χ0v) is 13.9.